The fourth-order valence-electron chi connectivity index (χ4n) is 2.47. The van der Waals surface area contributed by atoms with Crippen LogP contribution >= 0.6 is 0 Å². The van der Waals surface area contributed by atoms with E-state index in [-0.39, 0.29) is 0 Å². The van der Waals surface area contributed by atoms with E-state index < -0.39 is 0 Å². The van der Waals surface area contributed by atoms with Crippen molar-refractivity contribution in [2.75, 3.05) is 18.5 Å². The first-order valence-corrected chi connectivity index (χ1v) is 7.09. The summed E-state index contributed by atoms with van der Waals surface area (Å²) in [4.78, 5) is 8.73. The second kappa shape index (κ2) is 7.31. The molecule has 0 aliphatic heterocycles. The predicted molar refractivity (Wildman–Crippen MR) is 72.7 cm³/mol. The van der Waals surface area contributed by atoms with Crippen molar-refractivity contribution in [1.29, 1.82) is 0 Å². The summed E-state index contributed by atoms with van der Waals surface area (Å²) in [6.07, 6.45) is 10.7. The molecule has 1 aliphatic carbocycles. The maximum absolute atomic E-state index is 8.70. The first kappa shape index (κ1) is 13.3. The molecule has 0 fully saturated rings. The van der Waals surface area contributed by atoms with Gasteiger partial charge in [-0.1, -0.05) is 12.8 Å². The van der Waals surface area contributed by atoms with Crippen molar-refractivity contribution in [2.24, 2.45) is 0 Å². The fraction of sp³-hybridized carbons (Fsp3) is 0.714. The van der Waals surface area contributed by atoms with Crippen molar-refractivity contribution in [1.82, 2.24) is 9.97 Å². The Kier molecular flexibility index (Phi) is 5.39. The van der Waals surface area contributed by atoms with Gasteiger partial charge in [-0.15, -0.1) is 0 Å². The molecule has 4 nitrogen and oxygen atoms in total. The number of aliphatic hydroxyl groups is 1. The second-order valence-corrected chi connectivity index (χ2v) is 4.92. The van der Waals surface area contributed by atoms with Crippen LogP contribution in [0.2, 0.25) is 0 Å². The normalized spacial score (nSPS) is 14.3. The summed E-state index contributed by atoms with van der Waals surface area (Å²) >= 11 is 0. The highest BCUT2D eigenvalue weighted by Gasteiger charge is 2.14. The minimum absolute atomic E-state index is 0.312. The van der Waals surface area contributed by atoms with Gasteiger partial charge in [0.1, 0.15) is 12.1 Å². The smallest absolute Gasteiger partial charge is 0.132 e. The molecular formula is C14H23N3O. The van der Waals surface area contributed by atoms with Gasteiger partial charge in [0.15, 0.2) is 0 Å². The zero-order valence-electron chi connectivity index (χ0n) is 11.0. The largest absolute Gasteiger partial charge is 0.396 e. The molecule has 0 atom stereocenters. The number of fused-ring (bicyclic) bond motifs is 1. The Hall–Kier alpha value is -1.16. The van der Waals surface area contributed by atoms with Gasteiger partial charge < -0.3 is 10.4 Å². The molecule has 2 N–H and O–H groups in total. The first-order valence-electron chi connectivity index (χ1n) is 7.09. The summed E-state index contributed by atoms with van der Waals surface area (Å²) in [5, 5.41) is 12.1. The Bertz CT molecular complexity index is 368. The number of rotatable bonds is 7. The van der Waals surface area contributed by atoms with E-state index in [0.717, 1.165) is 44.5 Å². The van der Waals surface area contributed by atoms with E-state index in [2.05, 4.69) is 15.3 Å². The average Bonchev–Trinajstić information content (AvgIpc) is 2.43. The van der Waals surface area contributed by atoms with Crippen molar-refractivity contribution < 1.29 is 5.11 Å². The number of nitrogens with one attached hydrogen (secondary N) is 1. The van der Waals surface area contributed by atoms with Gasteiger partial charge in [-0.05, 0) is 38.5 Å². The molecule has 0 aromatic carbocycles. The molecule has 18 heavy (non-hydrogen) atoms. The summed E-state index contributed by atoms with van der Waals surface area (Å²) in [5.41, 5.74) is 2.57. The molecule has 1 aromatic heterocycles. The third-order valence-corrected chi connectivity index (χ3v) is 3.50. The number of aryl methyl sites for hydroxylation is 1. The molecule has 1 heterocycles. The molecule has 0 radical (unpaired) electrons. The highest BCUT2D eigenvalue weighted by atomic mass is 16.2. The number of anilines is 1. The highest BCUT2D eigenvalue weighted by molar-refractivity contribution is 5.46. The van der Waals surface area contributed by atoms with Gasteiger partial charge in [0.25, 0.3) is 0 Å². The van der Waals surface area contributed by atoms with E-state index in [9.17, 15) is 0 Å². The van der Waals surface area contributed by atoms with Gasteiger partial charge in [0.05, 0.1) is 0 Å². The van der Waals surface area contributed by atoms with Crippen LogP contribution in [-0.2, 0) is 12.8 Å². The zero-order chi connectivity index (χ0) is 12.6. The van der Waals surface area contributed by atoms with Crippen LogP contribution in [0, 0.1) is 0 Å². The summed E-state index contributed by atoms with van der Waals surface area (Å²) in [6.45, 7) is 1.28. The van der Waals surface area contributed by atoms with E-state index in [0.29, 0.717) is 6.61 Å². The minimum Gasteiger partial charge on any atom is -0.396 e. The maximum atomic E-state index is 8.70. The van der Waals surface area contributed by atoms with Crippen LogP contribution in [0.1, 0.15) is 49.8 Å². The van der Waals surface area contributed by atoms with Gasteiger partial charge in [0, 0.05) is 24.4 Å². The summed E-state index contributed by atoms with van der Waals surface area (Å²) in [7, 11) is 0. The Morgan fingerprint density at radius 2 is 1.89 bits per heavy atom. The van der Waals surface area contributed by atoms with Crippen LogP contribution in [0.3, 0.4) is 0 Å². The lowest BCUT2D eigenvalue weighted by atomic mass is 9.96. The Balaban J connectivity index is 1.79. The van der Waals surface area contributed by atoms with E-state index >= 15 is 0 Å². The van der Waals surface area contributed by atoms with Crippen LogP contribution in [0.25, 0.3) is 0 Å². The van der Waals surface area contributed by atoms with Crippen LogP contribution in [-0.4, -0.2) is 28.2 Å². The number of aliphatic hydroxyl groups excluding tert-OH is 1. The summed E-state index contributed by atoms with van der Waals surface area (Å²) in [6, 6.07) is 0. The van der Waals surface area contributed by atoms with Gasteiger partial charge in [-0.2, -0.15) is 0 Å². The SMILES string of the molecule is OCCCCCCNc1ncnc2c1CCCC2. The van der Waals surface area contributed by atoms with Gasteiger partial charge in [0.2, 0.25) is 0 Å². The number of aromatic nitrogens is 2. The minimum atomic E-state index is 0.312. The molecule has 2 rings (SSSR count). The highest BCUT2D eigenvalue weighted by Crippen LogP contribution is 2.24. The third-order valence-electron chi connectivity index (χ3n) is 3.50. The lowest BCUT2D eigenvalue weighted by molar-refractivity contribution is 0.283. The predicted octanol–water partition coefficient (Wildman–Crippen LogP) is 2.32. The molecule has 100 valence electrons. The molecule has 1 aromatic rings. The number of nitrogens with zero attached hydrogens (tertiary/aromatic N) is 2. The van der Waals surface area contributed by atoms with Gasteiger partial charge in [-0.3, -0.25) is 0 Å². The van der Waals surface area contributed by atoms with Crippen LogP contribution in [0.15, 0.2) is 6.33 Å². The first-order chi connectivity index (χ1) is 8.92. The molecule has 0 bridgehead atoms. The fourth-order valence-corrected chi connectivity index (χ4v) is 2.47. The van der Waals surface area contributed by atoms with Crippen LogP contribution in [0.4, 0.5) is 5.82 Å². The number of hydrogen-bond donors (Lipinski definition) is 2. The monoisotopic (exact) mass is 249 g/mol. The Labute approximate surface area is 109 Å². The zero-order valence-corrected chi connectivity index (χ0v) is 11.0. The van der Waals surface area contributed by atoms with Crippen molar-refractivity contribution >= 4 is 5.82 Å². The molecule has 0 amide bonds. The van der Waals surface area contributed by atoms with E-state index in [1.165, 1.54) is 30.5 Å². The van der Waals surface area contributed by atoms with E-state index in [1.807, 2.05) is 0 Å². The molecule has 0 saturated heterocycles. The molecule has 0 saturated carbocycles. The number of unbranched alkanes of at least 4 members (excludes halogenated alkanes) is 3. The third kappa shape index (κ3) is 3.67. The van der Waals surface area contributed by atoms with Crippen molar-refractivity contribution in [2.45, 2.75) is 51.4 Å². The molecule has 0 unspecified atom stereocenters. The number of hydrogen-bond acceptors (Lipinski definition) is 4. The maximum Gasteiger partial charge on any atom is 0.132 e. The van der Waals surface area contributed by atoms with Crippen LogP contribution < -0.4 is 5.32 Å². The molecular weight excluding hydrogens is 226 g/mol. The van der Waals surface area contributed by atoms with Crippen molar-refractivity contribution in [3.05, 3.63) is 17.6 Å². The standard InChI is InChI=1S/C14H23N3O/c18-10-6-2-1-5-9-15-14-12-7-3-4-8-13(12)16-11-17-14/h11,18H,1-10H2,(H,15,16,17). The van der Waals surface area contributed by atoms with E-state index in [4.69, 9.17) is 5.11 Å². The molecule has 1 aliphatic rings. The molecule has 4 heteroatoms. The lowest BCUT2D eigenvalue weighted by Crippen LogP contribution is -2.12. The van der Waals surface area contributed by atoms with Crippen molar-refractivity contribution in [3.8, 4) is 0 Å². The summed E-state index contributed by atoms with van der Waals surface area (Å²) < 4.78 is 0. The lowest BCUT2D eigenvalue weighted by Gasteiger charge is -2.17. The van der Waals surface area contributed by atoms with Gasteiger partial charge in [-0.25, -0.2) is 9.97 Å². The average molecular weight is 249 g/mol. The molecule has 0 spiro atoms. The second-order valence-electron chi connectivity index (χ2n) is 4.92. The van der Waals surface area contributed by atoms with E-state index in [1.54, 1.807) is 6.33 Å². The van der Waals surface area contributed by atoms with Crippen LogP contribution in [0.5, 0.6) is 0 Å². The Morgan fingerprint density at radius 3 is 2.78 bits per heavy atom. The summed E-state index contributed by atoms with van der Waals surface area (Å²) in [5.74, 6) is 1.04. The Morgan fingerprint density at radius 1 is 1.06 bits per heavy atom. The quantitative estimate of drug-likeness (QED) is 0.728. The van der Waals surface area contributed by atoms with Crippen molar-refractivity contribution in [3.63, 3.8) is 0 Å². The van der Waals surface area contributed by atoms with Gasteiger partial charge >= 0.3 is 0 Å². The topological polar surface area (TPSA) is 58.0 Å².